The molecule has 6 amide bonds. The van der Waals surface area contributed by atoms with Crippen molar-refractivity contribution in [3.05, 3.63) is 35.9 Å². The molecule has 3 rings (SSSR count). The molecule has 0 radical (unpaired) electrons. The minimum absolute atomic E-state index is 0.0413. The molecule has 1 aromatic rings. The van der Waals surface area contributed by atoms with Crippen molar-refractivity contribution >= 4 is 41.4 Å². The van der Waals surface area contributed by atoms with E-state index in [1.54, 1.807) is 30.3 Å². The monoisotopic (exact) mass is 702 g/mol. The van der Waals surface area contributed by atoms with Crippen molar-refractivity contribution in [1.82, 2.24) is 31.5 Å². The number of nitrogens with zero attached hydrogens (tertiary/aromatic N) is 1. The smallest absolute Gasteiger partial charge is 0.303 e. The number of fused-ring (bicyclic) bond motifs is 1. The molecule has 11 N–H and O–H groups in total. The Hall–Kier alpha value is -4.61. The summed E-state index contributed by atoms with van der Waals surface area (Å²) in [6.45, 7) is -0.156. The molecule has 17 heteroatoms. The standard InChI is InChI=1S/C33H50N8O9/c34-14-6-4-10-22-29(46)36-18-27(43)37-25(16-20-8-2-1-3-9-20)31(48)38-23(11-5-7-15-35)30(47)40-24(12-13-28(44)45)33(50)41-19-21(42)17-26(41)32(49)39-22/h1-3,8-9,21-26,42H,4-7,10-19,34-35H2,(H,36,46)(H,37,43)(H,38,48)(H,39,49)(H,40,47)(H,44,45)/t21-,22+,23-,24+,25+,26+/m1/s1. The molecule has 0 bridgehead atoms. The number of aliphatic hydroxyl groups excluding tert-OH is 1. The zero-order valence-corrected chi connectivity index (χ0v) is 28.1. The number of benzene rings is 1. The second-order valence-corrected chi connectivity index (χ2v) is 12.6. The Kier molecular flexibility index (Phi) is 16.1. The molecule has 2 fully saturated rings. The maximum Gasteiger partial charge on any atom is 0.303 e. The van der Waals surface area contributed by atoms with E-state index in [9.17, 15) is 43.8 Å². The van der Waals surface area contributed by atoms with Gasteiger partial charge in [-0.15, -0.1) is 0 Å². The predicted molar refractivity (Wildman–Crippen MR) is 180 cm³/mol. The largest absolute Gasteiger partial charge is 0.481 e. The Labute approximate surface area is 290 Å². The fourth-order valence-electron chi connectivity index (χ4n) is 5.96. The third-order valence-corrected chi connectivity index (χ3v) is 8.64. The lowest BCUT2D eigenvalue weighted by atomic mass is 10.0. The fraction of sp³-hybridized carbons (Fsp3) is 0.606. The Bertz CT molecular complexity index is 1350. The Morgan fingerprint density at radius 1 is 0.740 bits per heavy atom. The maximum atomic E-state index is 13.9. The molecule has 17 nitrogen and oxygen atoms in total. The number of unbranched alkanes of at least 4 members (excludes halogenated alkanes) is 2. The molecule has 0 unspecified atom stereocenters. The Balaban J connectivity index is 2.02. The van der Waals surface area contributed by atoms with E-state index in [2.05, 4.69) is 26.6 Å². The number of carboxylic acids is 1. The van der Waals surface area contributed by atoms with Gasteiger partial charge in [-0.3, -0.25) is 33.6 Å². The quantitative estimate of drug-likeness (QED) is 0.0960. The summed E-state index contributed by atoms with van der Waals surface area (Å²) >= 11 is 0. The molecule has 1 aromatic carbocycles. The molecule has 2 heterocycles. The van der Waals surface area contributed by atoms with Crippen LogP contribution in [0.5, 0.6) is 0 Å². The van der Waals surface area contributed by atoms with Crippen LogP contribution in [0, 0.1) is 0 Å². The first kappa shape index (κ1) is 39.8. The number of amides is 6. The molecule has 0 aromatic heterocycles. The number of carbonyl (C=O) groups excluding carboxylic acids is 6. The lowest BCUT2D eigenvalue weighted by Gasteiger charge is -2.31. The maximum absolute atomic E-state index is 13.9. The van der Waals surface area contributed by atoms with Crippen LogP contribution in [-0.2, 0) is 40.0 Å². The van der Waals surface area contributed by atoms with E-state index in [0.717, 1.165) is 4.90 Å². The third kappa shape index (κ3) is 12.4. The number of hydrogen-bond acceptors (Lipinski definition) is 10. The third-order valence-electron chi connectivity index (χ3n) is 8.64. The van der Waals surface area contributed by atoms with Gasteiger partial charge < -0.3 is 53.2 Å². The predicted octanol–water partition coefficient (Wildman–Crippen LogP) is -2.62. The van der Waals surface area contributed by atoms with E-state index in [-0.39, 0.29) is 38.6 Å². The summed E-state index contributed by atoms with van der Waals surface area (Å²) in [5.74, 6) is -5.64. The summed E-state index contributed by atoms with van der Waals surface area (Å²) in [5.41, 5.74) is 12.0. The van der Waals surface area contributed by atoms with Crippen LogP contribution in [0.25, 0.3) is 0 Å². The topological polar surface area (TPSA) is 275 Å². The van der Waals surface area contributed by atoms with Gasteiger partial charge >= 0.3 is 5.97 Å². The first-order valence-electron chi connectivity index (χ1n) is 17.1. The number of aliphatic hydroxyl groups is 1. The molecule has 6 atom stereocenters. The van der Waals surface area contributed by atoms with Gasteiger partial charge in [0, 0.05) is 25.8 Å². The van der Waals surface area contributed by atoms with Crippen molar-refractivity contribution in [3.8, 4) is 0 Å². The summed E-state index contributed by atoms with van der Waals surface area (Å²) in [4.78, 5) is 94.0. The Morgan fingerprint density at radius 3 is 1.94 bits per heavy atom. The average molecular weight is 703 g/mol. The number of nitrogens with two attached hydrogens (primary N) is 2. The number of nitrogens with one attached hydrogen (secondary N) is 5. The number of carboxylic acid groups (broad SMARTS) is 1. The SMILES string of the molecule is NCCCC[C@@H]1NC(=O)[C@@H]2C[C@@H](O)CN2C(=O)[C@H](CCC(=O)O)NC(=O)[C@@H](CCCCN)NC(=O)[C@H](Cc2ccccc2)NC(=O)CNC1=O. The van der Waals surface area contributed by atoms with Crippen LogP contribution >= 0.6 is 0 Å². The molecule has 50 heavy (non-hydrogen) atoms. The summed E-state index contributed by atoms with van der Waals surface area (Å²) in [6, 6.07) is 2.63. The fourth-order valence-corrected chi connectivity index (χ4v) is 5.96. The first-order valence-corrected chi connectivity index (χ1v) is 17.1. The molecule has 2 aliphatic heterocycles. The molecular formula is C33H50N8O9. The van der Waals surface area contributed by atoms with Crippen LogP contribution in [0.1, 0.15) is 63.4 Å². The second-order valence-electron chi connectivity index (χ2n) is 12.6. The van der Waals surface area contributed by atoms with E-state index in [1.165, 1.54) is 0 Å². The van der Waals surface area contributed by atoms with Crippen molar-refractivity contribution < 1.29 is 43.8 Å². The number of hydrogen-bond donors (Lipinski definition) is 9. The summed E-state index contributed by atoms with van der Waals surface area (Å²) in [5, 5.41) is 32.9. The van der Waals surface area contributed by atoms with E-state index >= 15 is 0 Å². The minimum atomic E-state index is -1.43. The van der Waals surface area contributed by atoms with Gasteiger partial charge in [0.2, 0.25) is 35.4 Å². The molecular weight excluding hydrogens is 652 g/mol. The molecule has 2 saturated heterocycles. The first-order chi connectivity index (χ1) is 23.9. The van der Waals surface area contributed by atoms with Gasteiger partial charge in [-0.2, -0.15) is 0 Å². The Morgan fingerprint density at radius 2 is 1.32 bits per heavy atom. The molecule has 2 aliphatic rings. The minimum Gasteiger partial charge on any atom is -0.481 e. The van der Waals surface area contributed by atoms with E-state index in [4.69, 9.17) is 11.5 Å². The van der Waals surface area contributed by atoms with Crippen LogP contribution in [-0.4, -0.2) is 119 Å². The van der Waals surface area contributed by atoms with Gasteiger partial charge in [-0.05, 0) is 63.6 Å². The lowest BCUT2D eigenvalue weighted by Crippen LogP contribution is -2.60. The van der Waals surface area contributed by atoms with Crippen LogP contribution in [0.15, 0.2) is 30.3 Å². The van der Waals surface area contributed by atoms with E-state index < -0.39 is 90.7 Å². The van der Waals surface area contributed by atoms with Gasteiger partial charge in [-0.1, -0.05) is 30.3 Å². The normalized spacial score (nSPS) is 25.7. The van der Waals surface area contributed by atoms with Gasteiger partial charge in [0.25, 0.3) is 0 Å². The molecule has 0 aliphatic carbocycles. The van der Waals surface area contributed by atoms with Crippen molar-refractivity contribution in [2.45, 2.75) is 101 Å². The van der Waals surface area contributed by atoms with Crippen LogP contribution in [0.4, 0.5) is 0 Å². The van der Waals surface area contributed by atoms with Crippen molar-refractivity contribution in [1.29, 1.82) is 0 Å². The number of rotatable bonds is 13. The number of carbonyl (C=O) groups is 7. The zero-order valence-electron chi connectivity index (χ0n) is 28.1. The van der Waals surface area contributed by atoms with Crippen molar-refractivity contribution in [2.24, 2.45) is 11.5 Å². The van der Waals surface area contributed by atoms with Gasteiger partial charge in [-0.25, -0.2) is 0 Å². The number of aliphatic carboxylic acids is 1. The van der Waals surface area contributed by atoms with Crippen LogP contribution < -0.4 is 38.1 Å². The summed E-state index contributed by atoms with van der Waals surface area (Å²) < 4.78 is 0. The van der Waals surface area contributed by atoms with Crippen molar-refractivity contribution in [3.63, 3.8) is 0 Å². The lowest BCUT2D eigenvalue weighted by molar-refractivity contribution is -0.143. The summed E-state index contributed by atoms with van der Waals surface area (Å²) in [6.07, 6.45) is 0.0845. The highest BCUT2D eigenvalue weighted by atomic mass is 16.4. The van der Waals surface area contributed by atoms with Crippen LogP contribution in [0.2, 0.25) is 0 Å². The van der Waals surface area contributed by atoms with E-state index in [1.807, 2.05) is 0 Å². The highest BCUT2D eigenvalue weighted by Crippen LogP contribution is 2.21. The average Bonchev–Trinajstić information content (AvgIpc) is 3.49. The van der Waals surface area contributed by atoms with Gasteiger partial charge in [0.15, 0.2) is 0 Å². The summed E-state index contributed by atoms with van der Waals surface area (Å²) in [7, 11) is 0. The highest BCUT2D eigenvalue weighted by molar-refractivity contribution is 5.98. The van der Waals surface area contributed by atoms with Gasteiger partial charge in [0.1, 0.15) is 30.2 Å². The molecule has 276 valence electrons. The zero-order chi connectivity index (χ0) is 36.6. The van der Waals surface area contributed by atoms with Gasteiger partial charge in [0.05, 0.1) is 12.6 Å². The second kappa shape index (κ2) is 20.2. The van der Waals surface area contributed by atoms with E-state index in [0.29, 0.717) is 44.3 Å². The molecule has 0 saturated carbocycles. The van der Waals surface area contributed by atoms with Crippen LogP contribution in [0.3, 0.4) is 0 Å². The molecule has 0 spiro atoms. The highest BCUT2D eigenvalue weighted by Gasteiger charge is 2.43. The van der Waals surface area contributed by atoms with Crippen molar-refractivity contribution in [2.75, 3.05) is 26.2 Å².